The molecule has 0 aliphatic carbocycles. The summed E-state index contributed by atoms with van der Waals surface area (Å²) in [5.41, 5.74) is 6.51. The number of nitrogens with one attached hydrogen (secondary N) is 2. The van der Waals surface area contributed by atoms with Gasteiger partial charge in [-0.2, -0.15) is 9.05 Å². The van der Waals surface area contributed by atoms with E-state index in [-0.39, 0.29) is 0 Å². The molecule has 12 heteroatoms. The molecule has 6 aromatic rings. The highest BCUT2D eigenvalue weighted by molar-refractivity contribution is 7.88. The van der Waals surface area contributed by atoms with Crippen LogP contribution in [-0.4, -0.2) is 19.8 Å². The van der Waals surface area contributed by atoms with Gasteiger partial charge in [-0.25, -0.2) is 0 Å². The van der Waals surface area contributed by atoms with Crippen molar-refractivity contribution >= 4 is 23.7 Å². The molecule has 1 heterocycles. The molecule has 0 saturated heterocycles. The zero-order valence-electron chi connectivity index (χ0n) is 32.6. The van der Waals surface area contributed by atoms with E-state index in [1.807, 2.05) is 127 Å². The molecule has 0 bridgehead atoms. The minimum atomic E-state index is -3.52. The summed E-state index contributed by atoms with van der Waals surface area (Å²) in [7, 11) is -10.5. The van der Waals surface area contributed by atoms with Gasteiger partial charge in [0.2, 0.25) is 0 Å². The van der Waals surface area contributed by atoms with Crippen LogP contribution in [0.15, 0.2) is 168 Å². The van der Waals surface area contributed by atoms with Gasteiger partial charge in [0.05, 0.1) is 24.7 Å². The van der Waals surface area contributed by atoms with E-state index < -0.39 is 23.7 Å². The Morgan fingerprint density at radius 2 is 0.860 bits per heavy atom. The van der Waals surface area contributed by atoms with Crippen molar-refractivity contribution in [3.05, 3.63) is 164 Å². The van der Waals surface area contributed by atoms with E-state index in [9.17, 15) is 0 Å². The molecule has 3 unspecified atom stereocenters. The van der Waals surface area contributed by atoms with Crippen molar-refractivity contribution in [1.82, 2.24) is 9.72 Å². The normalized spacial score (nSPS) is 20.3. The van der Waals surface area contributed by atoms with E-state index >= 15 is 0 Å². The van der Waals surface area contributed by atoms with Gasteiger partial charge in [0, 0.05) is 4.52 Å². The highest BCUT2D eigenvalue weighted by Gasteiger charge is 2.72. The average Bonchev–Trinajstić information content (AvgIpc) is 3.26. The molecule has 0 radical (unpaired) electrons. The summed E-state index contributed by atoms with van der Waals surface area (Å²) < 4.78 is 46.5. The van der Waals surface area contributed by atoms with Gasteiger partial charge in [0.15, 0.2) is 11.5 Å². The Hall–Kier alpha value is -4.39. The van der Waals surface area contributed by atoms with Crippen LogP contribution in [-0.2, 0) is 13.6 Å². The Morgan fingerprint density at radius 3 is 1.32 bits per heavy atom. The second-order valence-corrected chi connectivity index (χ2v) is 20.1. The van der Waals surface area contributed by atoms with E-state index in [1.165, 1.54) is 0 Å². The zero-order chi connectivity index (χ0) is 39.4. The highest BCUT2D eigenvalue weighted by Crippen LogP contribution is 2.81. The Morgan fingerprint density at radius 1 is 0.456 bits per heavy atom. The van der Waals surface area contributed by atoms with Gasteiger partial charge in [0.25, 0.3) is 0 Å². The first kappa shape index (κ1) is 40.8. The van der Waals surface area contributed by atoms with E-state index in [1.54, 1.807) is 0 Å². The first-order chi connectivity index (χ1) is 27.9. The molecule has 1 aliphatic heterocycles. The monoisotopic (exact) mass is 821 g/mol. The van der Waals surface area contributed by atoms with Gasteiger partial charge < -0.3 is 4.52 Å². The molecule has 0 saturated carbocycles. The van der Waals surface area contributed by atoms with Gasteiger partial charge in [-0.3, -0.25) is 13.6 Å². The maximum absolute atomic E-state index is 6.98. The Kier molecular flexibility index (Phi) is 13.9. The Balaban J connectivity index is 1.32. The largest absolute Gasteiger partial charge is 0.571 e. The van der Waals surface area contributed by atoms with E-state index in [4.69, 9.17) is 31.7 Å². The van der Waals surface area contributed by atoms with Crippen molar-refractivity contribution in [2.24, 2.45) is 4.52 Å². The SMILES string of the molecule is CCCOP1(Oc2ccc(-c3ccccc3)cc2)=N[P+](OCCC)(Oc2ccc(-c3ccccc3)cc2)N[P+](OCCC)(Oc2ccc(-c3ccccc3)cc2)N1. The number of hydrogen-bond acceptors (Lipinski definition) is 9. The minimum absolute atomic E-state index is 0.353. The van der Waals surface area contributed by atoms with Crippen molar-refractivity contribution < 1.29 is 27.1 Å². The van der Waals surface area contributed by atoms with Crippen LogP contribution in [0.4, 0.5) is 0 Å². The summed E-state index contributed by atoms with van der Waals surface area (Å²) >= 11 is 0. The standard InChI is InChI=1S/C45H50N3O6P3/c1-4-34-49-55(52-43-28-22-40(23-29-43)37-16-10-7-11-17-37)46-56(50-35-5-2,53-44-30-24-41(25-31-44)38-18-12-8-13-19-38)48-57(47-55,51-36-6-3)54-45-32-26-42(27-33-45)39-20-14-9-15-21-39/h7-33,46-47H,4-6,34-36H2,1-3H3/q+2. The quantitative estimate of drug-likeness (QED) is 0.0828. The molecule has 57 heavy (non-hydrogen) atoms. The van der Waals surface area contributed by atoms with Crippen molar-refractivity contribution in [3.8, 4) is 50.6 Å². The van der Waals surface area contributed by atoms with Gasteiger partial charge >= 0.3 is 23.7 Å². The molecule has 9 nitrogen and oxygen atoms in total. The Bertz CT molecular complexity index is 2200. The fraction of sp³-hybridized carbons (Fsp3) is 0.200. The second kappa shape index (κ2) is 19.4. The molecular weight excluding hydrogens is 771 g/mol. The van der Waals surface area contributed by atoms with Crippen molar-refractivity contribution in [2.75, 3.05) is 19.8 Å². The summed E-state index contributed by atoms with van der Waals surface area (Å²) in [6, 6.07) is 54.5. The van der Waals surface area contributed by atoms with E-state index in [0.29, 0.717) is 37.1 Å². The van der Waals surface area contributed by atoms with E-state index in [2.05, 4.69) is 66.9 Å². The zero-order valence-corrected chi connectivity index (χ0v) is 35.3. The lowest BCUT2D eigenvalue weighted by Crippen LogP contribution is -2.39. The van der Waals surface area contributed by atoms with Crippen LogP contribution < -0.4 is 23.3 Å². The van der Waals surface area contributed by atoms with Crippen LogP contribution in [0.3, 0.4) is 0 Å². The summed E-state index contributed by atoms with van der Waals surface area (Å²) in [6.07, 6.45) is 2.16. The molecular formula is C45H50N3O6P3+2. The van der Waals surface area contributed by atoms with E-state index in [0.717, 1.165) is 52.6 Å². The first-order valence-electron chi connectivity index (χ1n) is 19.4. The molecule has 0 aromatic heterocycles. The number of benzene rings is 6. The molecule has 7 rings (SSSR count). The number of rotatable bonds is 18. The highest BCUT2D eigenvalue weighted by atomic mass is 31.3. The third-order valence-corrected chi connectivity index (χ3v) is 17.8. The van der Waals surface area contributed by atoms with Crippen LogP contribution in [0, 0.1) is 0 Å². The number of nitrogens with zero attached hydrogens (tertiary/aromatic N) is 1. The summed E-state index contributed by atoms with van der Waals surface area (Å²) in [4.78, 5) is 7.22. The Labute approximate surface area is 338 Å². The average molecular weight is 822 g/mol. The molecule has 0 fully saturated rings. The molecule has 1 aliphatic rings. The predicted octanol–water partition coefficient (Wildman–Crippen LogP) is 14.0. The summed E-state index contributed by atoms with van der Waals surface area (Å²) in [5, 5.41) is 0. The minimum Gasteiger partial charge on any atom is -0.423 e. The van der Waals surface area contributed by atoms with Gasteiger partial charge in [0.1, 0.15) is 5.75 Å². The first-order valence-corrected chi connectivity index (χ1v) is 24.2. The molecule has 3 atom stereocenters. The van der Waals surface area contributed by atoms with Crippen molar-refractivity contribution in [3.63, 3.8) is 0 Å². The maximum Gasteiger partial charge on any atom is 0.571 e. The molecule has 0 amide bonds. The molecule has 0 spiro atoms. The summed E-state index contributed by atoms with van der Waals surface area (Å²) in [6.45, 7) is 7.23. The summed E-state index contributed by atoms with van der Waals surface area (Å²) in [5.74, 6) is 1.72. The van der Waals surface area contributed by atoms with Crippen molar-refractivity contribution in [1.29, 1.82) is 0 Å². The molecule has 294 valence electrons. The predicted molar refractivity (Wildman–Crippen MR) is 236 cm³/mol. The number of hydrogen-bond donors (Lipinski definition) is 2. The third-order valence-electron chi connectivity index (χ3n) is 8.75. The maximum atomic E-state index is 6.98. The fourth-order valence-corrected chi connectivity index (χ4v) is 16.5. The van der Waals surface area contributed by atoms with Gasteiger partial charge in [-0.1, -0.05) is 148 Å². The second-order valence-electron chi connectivity index (χ2n) is 13.3. The van der Waals surface area contributed by atoms with Crippen molar-refractivity contribution in [2.45, 2.75) is 40.0 Å². The molecule has 2 N–H and O–H groups in total. The lowest BCUT2D eigenvalue weighted by Gasteiger charge is -2.34. The topological polar surface area (TPSA) is 91.8 Å². The third kappa shape index (κ3) is 10.6. The van der Waals surface area contributed by atoms with Crippen LogP contribution in [0.5, 0.6) is 17.2 Å². The lowest BCUT2D eigenvalue weighted by molar-refractivity contribution is 0.257. The molecule has 6 aromatic carbocycles. The smallest absolute Gasteiger partial charge is 0.423 e. The van der Waals surface area contributed by atoms with Gasteiger partial charge in [-0.15, -0.1) is 0 Å². The fourth-order valence-electron chi connectivity index (χ4n) is 6.02. The van der Waals surface area contributed by atoms with Crippen LogP contribution in [0.2, 0.25) is 0 Å². The van der Waals surface area contributed by atoms with Crippen LogP contribution in [0.1, 0.15) is 40.0 Å². The lowest BCUT2D eigenvalue weighted by atomic mass is 10.1. The van der Waals surface area contributed by atoms with Gasteiger partial charge in [-0.05, 0) is 93.9 Å². The van der Waals surface area contributed by atoms with Crippen LogP contribution >= 0.6 is 23.7 Å². The van der Waals surface area contributed by atoms with Crippen LogP contribution in [0.25, 0.3) is 33.4 Å².